The lowest BCUT2D eigenvalue weighted by Gasteiger charge is -2.34. The van der Waals surface area contributed by atoms with Crippen LogP contribution in [0.4, 0.5) is 0 Å². The summed E-state index contributed by atoms with van der Waals surface area (Å²) < 4.78 is 0. The first kappa shape index (κ1) is 14.5. The highest BCUT2D eigenvalue weighted by Gasteiger charge is 2.28. The molecule has 1 saturated heterocycles. The Morgan fingerprint density at radius 1 is 1.47 bits per heavy atom. The second kappa shape index (κ2) is 7.67. The number of amides is 1. The average Bonchev–Trinajstić information content (AvgIpc) is 2.39. The number of carbonyl (C=O) groups is 1. The Bertz CT molecular complexity index is 223. The van der Waals surface area contributed by atoms with Crippen molar-refractivity contribution in [1.29, 1.82) is 0 Å². The molecule has 1 atom stereocenters. The summed E-state index contributed by atoms with van der Waals surface area (Å²) in [5, 5.41) is 12.4. The average molecular weight is 242 g/mol. The molecule has 0 unspecified atom stereocenters. The maximum Gasteiger partial charge on any atom is 0.227 e. The summed E-state index contributed by atoms with van der Waals surface area (Å²) in [6.07, 6.45) is 3.98. The number of aliphatic hydroxyl groups is 1. The molecular formula is C13H26N2O2. The monoisotopic (exact) mass is 242 g/mol. The molecule has 1 rings (SSSR count). The predicted molar refractivity (Wildman–Crippen MR) is 68.8 cm³/mol. The van der Waals surface area contributed by atoms with Crippen molar-refractivity contribution in [1.82, 2.24) is 10.2 Å². The normalized spacial score (nSPS) is 20.6. The van der Waals surface area contributed by atoms with Gasteiger partial charge in [-0.15, -0.1) is 0 Å². The van der Waals surface area contributed by atoms with Crippen molar-refractivity contribution >= 4 is 5.91 Å². The van der Waals surface area contributed by atoms with Gasteiger partial charge in [0, 0.05) is 19.1 Å². The van der Waals surface area contributed by atoms with E-state index in [9.17, 15) is 4.79 Å². The summed E-state index contributed by atoms with van der Waals surface area (Å²) in [7, 11) is 0. The summed E-state index contributed by atoms with van der Waals surface area (Å²) in [6.45, 7) is 6.55. The lowest BCUT2D eigenvalue weighted by molar-refractivity contribution is -0.139. The zero-order chi connectivity index (χ0) is 12.7. The molecule has 17 heavy (non-hydrogen) atoms. The highest BCUT2D eigenvalue weighted by molar-refractivity contribution is 5.79. The Labute approximate surface area is 104 Å². The minimum absolute atomic E-state index is 0.0579. The van der Waals surface area contributed by atoms with Gasteiger partial charge in [0.1, 0.15) is 0 Å². The van der Waals surface area contributed by atoms with Gasteiger partial charge in [0.05, 0.1) is 12.5 Å². The van der Waals surface area contributed by atoms with Crippen molar-refractivity contribution in [2.24, 2.45) is 5.92 Å². The fourth-order valence-electron chi connectivity index (χ4n) is 2.61. The molecule has 4 nitrogen and oxygen atoms in total. The molecule has 1 aliphatic heterocycles. The van der Waals surface area contributed by atoms with Crippen molar-refractivity contribution in [3.63, 3.8) is 0 Å². The number of rotatable bonds is 6. The van der Waals surface area contributed by atoms with Crippen LogP contribution in [-0.2, 0) is 4.79 Å². The van der Waals surface area contributed by atoms with Crippen molar-refractivity contribution in [2.75, 3.05) is 26.2 Å². The van der Waals surface area contributed by atoms with Gasteiger partial charge in [0.25, 0.3) is 0 Å². The van der Waals surface area contributed by atoms with E-state index in [2.05, 4.69) is 19.2 Å². The van der Waals surface area contributed by atoms with Crippen LogP contribution in [0.25, 0.3) is 0 Å². The van der Waals surface area contributed by atoms with Gasteiger partial charge in [-0.3, -0.25) is 4.79 Å². The predicted octanol–water partition coefficient (Wildman–Crippen LogP) is 0.995. The summed E-state index contributed by atoms with van der Waals surface area (Å²) in [5.41, 5.74) is 0. The third kappa shape index (κ3) is 3.96. The van der Waals surface area contributed by atoms with E-state index in [0.717, 1.165) is 38.8 Å². The van der Waals surface area contributed by atoms with Gasteiger partial charge in [-0.1, -0.05) is 13.8 Å². The fraction of sp³-hybridized carbons (Fsp3) is 0.923. The number of hydrogen-bond donors (Lipinski definition) is 2. The van der Waals surface area contributed by atoms with Crippen LogP contribution in [0.3, 0.4) is 0 Å². The fourth-order valence-corrected chi connectivity index (χ4v) is 2.61. The topological polar surface area (TPSA) is 52.6 Å². The molecule has 0 bridgehead atoms. The van der Waals surface area contributed by atoms with Crippen LogP contribution in [0.1, 0.15) is 39.5 Å². The minimum atomic E-state index is 0.0579. The third-order valence-corrected chi connectivity index (χ3v) is 3.65. The lowest BCUT2D eigenvalue weighted by Crippen LogP contribution is -2.48. The first-order chi connectivity index (χ1) is 8.24. The minimum Gasteiger partial charge on any atom is -0.395 e. The summed E-state index contributed by atoms with van der Waals surface area (Å²) in [6, 6.07) is 0.275. The van der Waals surface area contributed by atoms with Crippen LogP contribution < -0.4 is 5.32 Å². The molecule has 0 aliphatic carbocycles. The van der Waals surface area contributed by atoms with E-state index in [1.54, 1.807) is 0 Å². The molecule has 1 fully saturated rings. The smallest absolute Gasteiger partial charge is 0.227 e. The largest absolute Gasteiger partial charge is 0.395 e. The Kier molecular flexibility index (Phi) is 6.52. The Morgan fingerprint density at radius 3 is 2.65 bits per heavy atom. The number of nitrogens with one attached hydrogen (secondary N) is 1. The van der Waals surface area contributed by atoms with Crippen molar-refractivity contribution in [2.45, 2.75) is 45.6 Å². The van der Waals surface area contributed by atoms with Crippen molar-refractivity contribution in [3.05, 3.63) is 0 Å². The van der Waals surface area contributed by atoms with Gasteiger partial charge in [0.2, 0.25) is 5.91 Å². The molecule has 4 heteroatoms. The quantitative estimate of drug-likeness (QED) is 0.730. The highest BCUT2D eigenvalue weighted by Crippen LogP contribution is 2.17. The molecule has 0 aromatic rings. The molecule has 1 aliphatic rings. The Morgan fingerprint density at radius 2 is 2.18 bits per heavy atom. The number of carbonyl (C=O) groups excluding carboxylic acids is 1. The molecular weight excluding hydrogens is 216 g/mol. The molecule has 1 heterocycles. The first-order valence-electron chi connectivity index (χ1n) is 6.86. The SMILES string of the molecule is CCC(CC)N(CCO)C(=O)[C@H]1CCCNC1. The molecule has 0 aromatic carbocycles. The maximum atomic E-state index is 12.4. The first-order valence-corrected chi connectivity index (χ1v) is 6.86. The van der Waals surface area contributed by atoms with Crippen LogP contribution in [0.15, 0.2) is 0 Å². The Balaban J connectivity index is 2.63. The van der Waals surface area contributed by atoms with Crippen molar-refractivity contribution in [3.8, 4) is 0 Å². The number of hydrogen-bond acceptors (Lipinski definition) is 3. The van der Waals surface area contributed by atoms with Crippen molar-refractivity contribution < 1.29 is 9.90 Å². The second-order valence-electron chi connectivity index (χ2n) is 4.77. The lowest BCUT2D eigenvalue weighted by atomic mass is 9.96. The van der Waals surface area contributed by atoms with E-state index < -0.39 is 0 Å². The van der Waals surface area contributed by atoms with E-state index >= 15 is 0 Å². The van der Waals surface area contributed by atoms with E-state index in [1.807, 2.05) is 4.90 Å². The highest BCUT2D eigenvalue weighted by atomic mass is 16.3. The molecule has 1 amide bonds. The second-order valence-corrected chi connectivity index (χ2v) is 4.77. The standard InChI is InChI=1S/C13H26N2O2/c1-3-12(4-2)15(8-9-16)13(17)11-6-5-7-14-10-11/h11-12,14,16H,3-10H2,1-2H3/t11-/m0/s1. The van der Waals surface area contributed by atoms with Crippen LogP contribution in [0, 0.1) is 5.92 Å². The van der Waals surface area contributed by atoms with Crippen LogP contribution in [-0.4, -0.2) is 48.2 Å². The molecule has 0 radical (unpaired) electrons. The zero-order valence-electron chi connectivity index (χ0n) is 11.1. The van der Waals surface area contributed by atoms with Crippen LogP contribution >= 0.6 is 0 Å². The maximum absolute atomic E-state index is 12.4. The van der Waals surface area contributed by atoms with Gasteiger partial charge in [0.15, 0.2) is 0 Å². The summed E-state index contributed by atoms with van der Waals surface area (Å²) in [5.74, 6) is 0.329. The van der Waals surface area contributed by atoms with E-state index in [-0.39, 0.29) is 24.5 Å². The third-order valence-electron chi connectivity index (χ3n) is 3.65. The molecule has 0 spiro atoms. The molecule has 0 aromatic heterocycles. The zero-order valence-corrected chi connectivity index (χ0v) is 11.1. The molecule has 2 N–H and O–H groups in total. The number of nitrogens with zero attached hydrogens (tertiary/aromatic N) is 1. The summed E-state index contributed by atoms with van der Waals surface area (Å²) in [4.78, 5) is 14.3. The molecule has 0 saturated carbocycles. The van der Waals surface area contributed by atoms with Crippen LogP contribution in [0.2, 0.25) is 0 Å². The number of aliphatic hydroxyl groups excluding tert-OH is 1. The van der Waals surface area contributed by atoms with Crippen LogP contribution in [0.5, 0.6) is 0 Å². The van der Waals surface area contributed by atoms with Gasteiger partial charge in [-0.2, -0.15) is 0 Å². The van der Waals surface area contributed by atoms with E-state index in [4.69, 9.17) is 5.11 Å². The van der Waals surface area contributed by atoms with Gasteiger partial charge < -0.3 is 15.3 Å². The summed E-state index contributed by atoms with van der Waals surface area (Å²) >= 11 is 0. The van der Waals surface area contributed by atoms with E-state index in [0.29, 0.717) is 6.54 Å². The van der Waals surface area contributed by atoms with Gasteiger partial charge in [-0.05, 0) is 32.2 Å². The number of piperidine rings is 1. The Hall–Kier alpha value is -0.610. The van der Waals surface area contributed by atoms with Gasteiger partial charge in [-0.25, -0.2) is 0 Å². The van der Waals surface area contributed by atoms with E-state index in [1.165, 1.54) is 0 Å². The molecule has 100 valence electrons. The van der Waals surface area contributed by atoms with Gasteiger partial charge >= 0.3 is 0 Å².